The van der Waals surface area contributed by atoms with Gasteiger partial charge in [0, 0.05) is 25.2 Å². The molecule has 5 rings (SSSR count). The minimum Gasteiger partial charge on any atom is -0.463 e. The van der Waals surface area contributed by atoms with Crippen LogP contribution < -0.4 is 19.8 Å². The second-order valence-electron chi connectivity index (χ2n) is 9.85. The number of hydrogen-bond donors (Lipinski definition) is 0. The maximum atomic E-state index is 13.8. The zero-order valence-electron chi connectivity index (χ0n) is 21.8. The van der Waals surface area contributed by atoms with Crippen molar-refractivity contribution in [3.63, 3.8) is 0 Å². The Morgan fingerprint density at radius 1 is 1.16 bits per heavy atom. The summed E-state index contributed by atoms with van der Waals surface area (Å²) in [6.07, 6.45) is 5.35. The van der Waals surface area contributed by atoms with Gasteiger partial charge in [0.2, 0.25) is 0 Å². The number of allylic oxidation sites excluding steroid dienone is 1. The molecule has 2 aliphatic heterocycles. The predicted octanol–water partition coefficient (Wildman–Crippen LogP) is 4.51. The van der Waals surface area contributed by atoms with Gasteiger partial charge >= 0.3 is 5.97 Å². The van der Waals surface area contributed by atoms with Crippen LogP contribution in [0.2, 0.25) is 0 Å². The number of hydrogen-bond acceptors (Lipinski definition) is 7. The average Bonchev–Trinajstić information content (AvgIpc) is 3.48. The van der Waals surface area contributed by atoms with Crippen LogP contribution in [0.3, 0.4) is 0 Å². The number of rotatable bonds is 6. The third-order valence-electron chi connectivity index (χ3n) is 6.99. The van der Waals surface area contributed by atoms with Gasteiger partial charge in [-0.3, -0.25) is 9.36 Å². The van der Waals surface area contributed by atoms with Gasteiger partial charge in [-0.05, 0) is 56.2 Å². The molecule has 1 aromatic carbocycles. The lowest BCUT2D eigenvalue weighted by Crippen LogP contribution is -2.39. The maximum absolute atomic E-state index is 13.8. The van der Waals surface area contributed by atoms with Crippen molar-refractivity contribution in [2.45, 2.75) is 58.9 Å². The molecule has 0 amide bonds. The van der Waals surface area contributed by atoms with E-state index in [1.54, 1.807) is 24.5 Å². The minimum absolute atomic E-state index is 0.202. The van der Waals surface area contributed by atoms with E-state index in [2.05, 4.69) is 35.9 Å². The van der Waals surface area contributed by atoms with Crippen LogP contribution in [0, 0.1) is 0 Å². The van der Waals surface area contributed by atoms with Crippen LogP contribution in [0.4, 0.5) is 5.88 Å². The van der Waals surface area contributed by atoms with Crippen LogP contribution in [-0.4, -0.2) is 30.2 Å². The summed E-state index contributed by atoms with van der Waals surface area (Å²) in [5.41, 5.74) is 2.79. The number of thiazole rings is 1. The molecule has 0 radical (unpaired) electrons. The molecule has 2 aromatic heterocycles. The molecule has 1 fully saturated rings. The monoisotopic (exact) mass is 519 g/mol. The number of aromatic nitrogens is 1. The second-order valence-corrected chi connectivity index (χ2v) is 10.9. The Balaban J connectivity index is 1.60. The molecule has 37 heavy (non-hydrogen) atoms. The van der Waals surface area contributed by atoms with Gasteiger partial charge in [0.25, 0.3) is 5.56 Å². The Bertz CT molecular complexity index is 1500. The first-order valence-electron chi connectivity index (χ1n) is 13.0. The summed E-state index contributed by atoms with van der Waals surface area (Å²) < 4.78 is 13.6. The van der Waals surface area contributed by atoms with Crippen molar-refractivity contribution < 1.29 is 13.9 Å². The first-order chi connectivity index (χ1) is 17.9. The number of piperidine rings is 1. The SMILES string of the molecule is CCOC(=O)C1=C(C)N=c2sc(=Cc3ccc(N4CCCCC4)o3)c(=O)n2[C@@H]1c1ccc(C(C)C)cc1. The zero-order valence-corrected chi connectivity index (χ0v) is 22.6. The van der Waals surface area contributed by atoms with E-state index in [1.165, 1.54) is 23.3 Å². The number of ether oxygens (including phenoxy) is 1. The first-order valence-corrected chi connectivity index (χ1v) is 13.8. The Kier molecular flexibility index (Phi) is 7.20. The highest BCUT2D eigenvalue weighted by Crippen LogP contribution is 2.31. The van der Waals surface area contributed by atoms with E-state index in [9.17, 15) is 9.59 Å². The third kappa shape index (κ3) is 4.94. The van der Waals surface area contributed by atoms with Gasteiger partial charge in [-0.1, -0.05) is 49.4 Å². The molecule has 0 unspecified atom stereocenters. The Hall–Kier alpha value is -3.39. The summed E-state index contributed by atoms with van der Waals surface area (Å²) in [5.74, 6) is 1.39. The summed E-state index contributed by atoms with van der Waals surface area (Å²) >= 11 is 1.31. The molecule has 0 aliphatic carbocycles. The summed E-state index contributed by atoms with van der Waals surface area (Å²) in [4.78, 5) is 34.3. The molecule has 0 saturated carbocycles. The summed E-state index contributed by atoms with van der Waals surface area (Å²) in [6, 6.07) is 11.4. The number of carbonyl (C=O) groups excluding carboxylic acids is 1. The first kappa shape index (κ1) is 25.3. The molecule has 8 heteroatoms. The highest BCUT2D eigenvalue weighted by atomic mass is 32.1. The molecule has 3 aromatic rings. The van der Waals surface area contributed by atoms with Gasteiger partial charge in [0.15, 0.2) is 10.7 Å². The fraction of sp³-hybridized carbons (Fsp3) is 0.414. The molecule has 0 N–H and O–H groups in total. The number of carbonyl (C=O) groups is 1. The second kappa shape index (κ2) is 10.5. The van der Waals surface area contributed by atoms with Crippen molar-refractivity contribution in [3.8, 4) is 0 Å². The highest BCUT2D eigenvalue weighted by molar-refractivity contribution is 7.07. The Morgan fingerprint density at radius 3 is 2.57 bits per heavy atom. The highest BCUT2D eigenvalue weighted by Gasteiger charge is 2.33. The van der Waals surface area contributed by atoms with Gasteiger partial charge < -0.3 is 14.1 Å². The molecule has 1 atom stereocenters. The average molecular weight is 520 g/mol. The third-order valence-corrected chi connectivity index (χ3v) is 7.97. The van der Waals surface area contributed by atoms with Crippen LogP contribution >= 0.6 is 11.3 Å². The van der Waals surface area contributed by atoms with Crippen LogP contribution in [0.5, 0.6) is 0 Å². The van der Waals surface area contributed by atoms with Crippen molar-refractivity contribution in [3.05, 3.63) is 84.2 Å². The van der Waals surface area contributed by atoms with Crippen molar-refractivity contribution in [2.24, 2.45) is 4.99 Å². The molecule has 0 bridgehead atoms. The maximum Gasteiger partial charge on any atom is 0.338 e. The molecule has 194 valence electrons. The summed E-state index contributed by atoms with van der Waals surface area (Å²) in [7, 11) is 0. The lowest BCUT2D eigenvalue weighted by Gasteiger charge is -2.25. The number of furan rings is 1. The van der Waals surface area contributed by atoms with Crippen molar-refractivity contribution in [2.75, 3.05) is 24.6 Å². The normalized spacial score (nSPS) is 18.2. The van der Waals surface area contributed by atoms with Crippen LogP contribution in [-0.2, 0) is 9.53 Å². The van der Waals surface area contributed by atoms with E-state index in [0.717, 1.165) is 37.4 Å². The largest absolute Gasteiger partial charge is 0.463 e. The van der Waals surface area contributed by atoms with E-state index >= 15 is 0 Å². The number of esters is 1. The smallest absolute Gasteiger partial charge is 0.338 e. The zero-order chi connectivity index (χ0) is 26.1. The number of nitrogens with zero attached hydrogens (tertiary/aromatic N) is 3. The van der Waals surface area contributed by atoms with E-state index in [1.807, 2.05) is 24.3 Å². The van der Waals surface area contributed by atoms with Crippen molar-refractivity contribution >= 4 is 29.3 Å². The number of anilines is 1. The quantitative estimate of drug-likeness (QED) is 0.448. The van der Waals surface area contributed by atoms with Crippen molar-refractivity contribution in [1.29, 1.82) is 0 Å². The molecule has 1 saturated heterocycles. The summed E-state index contributed by atoms with van der Waals surface area (Å²) in [6.45, 7) is 10.1. The molecular weight excluding hydrogens is 486 g/mol. The van der Waals surface area contributed by atoms with Gasteiger partial charge in [0.1, 0.15) is 5.76 Å². The predicted molar refractivity (Wildman–Crippen MR) is 146 cm³/mol. The molecule has 7 nitrogen and oxygen atoms in total. The lowest BCUT2D eigenvalue weighted by molar-refractivity contribution is -0.139. The van der Waals surface area contributed by atoms with Gasteiger partial charge in [0.05, 0.1) is 28.5 Å². The fourth-order valence-electron chi connectivity index (χ4n) is 5.00. The van der Waals surface area contributed by atoms with Gasteiger partial charge in [-0.2, -0.15) is 0 Å². The van der Waals surface area contributed by atoms with E-state index in [4.69, 9.17) is 9.15 Å². The topological polar surface area (TPSA) is 77.0 Å². The summed E-state index contributed by atoms with van der Waals surface area (Å²) in [5, 5.41) is 0. The van der Waals surface area contributed by atoms with E-state index < -0.39 is 12.0 Å². The standard InChI is InChI=1S/C29H33N3O4S/c1-5-35-28(34)25-19(4)30-29-32(26(25)21-11-9-20(10-12-21)18(2)3)27(33)23(37-29)17-22-13-14-24(36-22)31-15-7-6-8-16-31/h9-14,17-18,26H,5-8,15-16H2,1-4H3/t26-/m1/s1. The van der Waals surface area contributed by atoms with Crippen LogP contribution in [0.25, 0.3) is 6.08 Å². The Labute approximate surface area is 220 Å². The Morgan fingerprint density at radius 2 is 1.89 bits per heavy atom. The van der Waals surface area contributed by atoms with Crippen LogP contribution in [0.1, 0.15) is 75.8 Å². The van der Waals surface area contributed by atoms with E-state index in [-0.39, 0.29) is 12.2 Å². The molecule has 0 spiro atoms. The van der Waals surface area contributed by atoms with Crippen LogP contribution in [0.15, 0.2) is 61.9 Å². The number of fused-ring (bicyclic) bond motifs is 1. The molecule has 2 aliphatic rings. The fourth-order valence-corrected chi connectivity index (χ4v) is 6.03. The minimum atomic E-state index is -0.612. The van der Waals surface area contributed by atoms with Crippen molar-refractivity contribution in [1.82, 2.24) is 4.57 Å². The van der Waals surface area contributed by atoms with Gasteiger partial charge in [-0.25, -0.2) is 9.79 Å². The van der Waals surface area contributed by atoms with Gasteiger partial charge in [-0.15, -0.1) is 0 Å². The molecule has 4 heterocycles. The lowest BCUT2D eigenvalue weighted by atomic mass is 9.93. The molecular formula is C29H33N3O4S. The van der Waals surface area contributed by atoms with E-state index in [0.29, 0.717) is 32.3 Å². The number of benzene rings is 1.